The SMILES string of the molecule is Clc1cc(CN2CCN(c3nc4ccccc4nc3NC3CC3)CC2)c(Cl)s1. The van der Waals surface area contributed by atoms with Crippen LogP contribution in [0.3, 0.4) is 0 Å². The van der Waals surface area contributed by atoms with E-state index in [4.69, 9.17) is 33.2 Å². The zero-order valence-electron chi connectivity index (χ0n) is 15.4. The second-order valence-corrected chi connectivity index (χ2v) is 9.70. The molecule has 1 saturated carbocycles. The largest absolute Gasteiger partial charge is 0.364 e. The molecule has 28 heavy (non-hydrogen) atoms. The van der Waals surface area contributed by atoms with Crippen molar-refractivity contribution in [2.75, 3.05) is 36.4 Å². The highest BCUT2D eigenvalue weighted by Gasteiger charge is 2.27. The van der Waals surface area contributed by atoms with Crippen LogP contribution in [0.25, 0.3) is 11.0 Å². The van der Waals surface area contributed by atoms with Gasteiger partial charge in [-0.3, -0.25) is 4.90 Å². The number of fused-ring (bicyclic) bond motifs is 1. The quantitative estimate of drug-likeness (QED) is 0.619. The van der Waals surface area contributed by atoms with E-state index >= 15 is 0 Å². The first-order chi connectivity index (χ1) is 13.7. The maximum absolute atomic E-state index is 6.29. The smallest absolute Gasteiger partial charge is 0.172 e. The van der Waals surface area contributed by atoms with Crippen LogP contribution in [0.2, 0.25) is 8.67 Å². The zero-order chi connectivity index (χ0) is 19.1. The predicted molar refractivity (Wildman–Crippen MR) is 118 cm³/mol. The minimum absolute atomic E-state index is 0.543. The highest BCUT2D eigenvalue weighted by molar-refractivity contribution is 7.20. The molecule has 5 nitrogen and oxygen atoms in total. The molecule has 0 radical (unpaired) electrons. The Labute approximate surface area is 178 Å². The van der Waals surface area contributed by atoms with Crippen LogP contribution in [0.1, 0.15) is 18.4 Å². The summed E-state index contributed by atoms with van der Waals surface area (Å²) in [5.41, 5.74) is 3.00. The molecule has 8 heteroatoms. The summed E-state index contributed by atoms with van der Waals surface area (Å²) >= 11 is 13.8. The minimum Gasteiger partial charge on any atom is -0.364 e. The van der Waals surface area contributed by atoms with Crippen molar-refractivity contribution in [1.29, 1.82) is 0 Å². The molecule has 2 aliphatic rings. The fourth-order valence-corrected chi connectivity index (χ4v) is 5.04. The predicted octanol–water partition coefficient (Wildman–Crippen LogP) is 4.89. The van der Waals surface area contributed by atoms with Crippen LogP contribution in [0.15, 0.2) is 30.3 Å². The van der Waals surface area contributed by atoms with Gasteiger partial charge in [0.2, 0.25) is 0 Å². The Bertz CT molecular complexity index is 995. The Morgan fingerprint density at radius 3 is 2.39 bits per heavy atom. The molecule has 1 saturated heterocycles. The van der Waals surface area contributed by atoms with Gasteiger partial charge in [-0.25, -0.2) is 9.97 Å². The topological polar surface area (TPSA) is 44.3 Å². The van der Waals surface area contributed by atoms with Crippen LogP contribution in [0.5, 0.6) is 0 Å². The maximum atomic E-state index is 6.29. The Morgan fingerprint density at radius 2 is 1.75 bits per heavy atom. The summed E-state index contributed by atoms with van der Waals surface area (Å²) in [7, 11) is 0. The molecule has 146 valence electrons. The fourth-order valence-electron chi connectivity index (χ4n) is 3.57. The van der Waals surface area contributed by atoms with Gasteiger partial charge in [-0.1, -0.05) is 35.3 Å². The molecule has 1 aliphatic heterocycles. The number of halogens is 2. The van der Waals surface area contributed by atoms with Crippen LogP contribution in [0, 0.1) is 0 Å². The summed E-state index contributed by atoms with van der Waals surface area (Å²) < 4.78 is 1.55. The van der Waals surface area contributed by atoms with Gasteiger partial charge >= 0.3 is 0 Å². The van der Waals surface area contributed by atoms with E-state index in [1.54, 1.807) is 0 Å². The Hall–Kier alpha value is -1.60. The molecule has 0 bridgehead atoms. The molecule has 1 N–H and O–H groups in total. The average molecular weight is 434 g/mol. The highest BCUT2D eigenvalue weighted by Crippen LogP contribution is 2.33. The van der Waals surface area contributed by atoms with Crippen molar-refractivity contribution in [3.8, 4) is 0 Å². The zero-order valence-corrected chi connectivity index (χ0v) is 17.7. The third kappa shape index (κ3) is 3.92. The van der Waals surface area contributed by atoms with E-state index in [0.717, 1.165) is 69.6 Å². The summed E-state index contributed by atoms with van der Waals surface area (Å²) in [5.74, 6) is 1.89. The number of hydrogen-bond acceptors (Lipinski definition) is 6. The van der Waals surface area contributed by atoms with Gasteiger partial charge < -0.3 is 10.2 Å². The maximum Gasteiger partial charge on any atom is 0.172 e. The molecular weight excluding hydrogens is 413 g/mol. The Balaban J connectivity index is 1.33. The van der Waals surface area contributed by atoms with E-state index in [-0.39, 0.29) is 0 Å². The second-order valence-electron chi connectivity index (χ2n) is 7.42. The molecule has 1 aromatic carbocycles. The first kappa shape index (κ1) is 18.4. The van der Waals surface area contributed by atoms with Crippen LogP contribution in [-0.4, -0.2) is 47.1 Å². The third-order valence-corrected chi connectivity index (χ3v) is 6.83. The molecule has 0 unspecified atom stereocenters. The van der Waals surface area contributed by atoms with Gasteiger partial charge in [0, 0.05) is 38.8 Å². The summed E-state index contributed by atoms with van der Waals surface area (Å²) in [6, 6.07) is 10.6. The second kappa shape index (κ2) is 7.67. The summed E-state index contributed by atoms with van der Waals surface area (Å²) in [6.45, 7) is 4.60. The van der Waals surface area contributed by atoms with Gasteiger partial charge in [0.25, 0.3) is 0 Å². The average Bonchev–Trinajstić information content (AvgIpc) is 3.45. The molecule has 1 aliphatic carbocycles. The molecular formula is C20H21Cl2N5S. The van der Waals surface area contributed by atoms with E-state index < -0.39 is 0 Å². The standard InChI is InChI=1S/C20H21Cl2N5S/c21-17-11-13(18(22)28-17)12-26-7-9-27(10-8-26)20-19(23-14-5-6-14)24-15-3-1-2-4-16(15)25-20/h1-4,11,14H,5-10,12H2,(H,23,24). The lowest BCUT2D eigenvalue weighted by molar-refractivity contribution is 0.250. The number of thiophene rings is 1. The number of anilines is 2. The summed E-state index contributed by atoms with van der Waals surface area (Å²) in [6.07, 6.45) is 2.43. The van der Waals surface area contributed by atoms with Gasteiger partial charge in [-0.05, 0) is 36.6 Å². The van der Waals surface area contributed by atoms with E-state index in [2.05, 4.69) is 15.1 Å². The number of piperazine rings is 1. The number of aromatic nitrogens is 2. The van der Waals surface area contributed by atoms with Crippen LogP contribution in [0.4, 0.5) is 11.6 Å². The van der Waals surface area contributed by atoms with E-state index in [0.29, 0.717) is 6.04 Å². The van der Waals surface area contributed by atoms with Crippen molar-refractivity contribution in [3.05, 3.63) is 44.6 Å². The molecule has 2 aromatic heterocycles. The lowest BCUT2D eigenvalue weighted by Crippen LogP contribution is -2.46. The number of hydrogen-bond donors (Lipinski definition) is 1. The van der Waals surface area contributed by atoms with Crippen LogP contribution >= 0.6 is 34.5 Å². The Kier molecular flexibility index (Phi) is 5.05. The number of para-hydroxylation sites is 2. The van der Waals surface area contributed by atoms with Crippen LogP contribution < -0.4 is 10.2 Å². The summed E-state index contributed by atoms with van der Waals surface area (Å²) in [4.78, 5) is 14.6. The van der Waals surface area contributed by atoms with Gasteiger partial charge in [-0.2, -0.15) is 0 Å². The molecule has 0 amide bonds. The lowest BCUT2D eigenvalue weighted by Gasteiger charge is -2.36. The molecule has 3 heterocycles. The van der Waals surface area contributed by atoms with Crippen LogP contribution in [-0.2, 0) is 6.54 Å². The van der Waals surface area contributed by atoms with Crippen molar-refractivity contribution >= 4 is 57.2 Å². The van der Waals surface area contributed by atoms with E-state index in [9.17, 15) is 0 Å². The van der Waals surface area contributed by atoms with Crippen molar-refractivity contribution in [2.45, 2.75) is 25.4 Å². The number of nitrogens with one attached hydrogen (secondary N) is 1. The monoisotopic (exact) mass is 433 g/mol. The third-order valence-electron chi connectivity index (χ3n) is 5.26. The normalized spacial score (nSPS) is 18.0. The number of benzene rings is 1. The van der Waals surface area contributed by atoms with Crippen molar-refractivity contribution in [2.24, 2.45) is 0 Å². The van der Waals surface area contributed by atoms with E-state index in [1.165, 1.54) is 24.2 Å². The molecule has 5 rings (SSSR count). The number of nitrogens with zero attached hydrogens (tertiary/aromatic N) is 4. The van der Waals surface area contributed by atoms with Gasteiger partial charge in [-0.15, -0.1) is 11.3 Å². The molecule has 3 aromatic rings. The highest BCUT2D eigenvalue weighted by atomic mass is 35.5. The fraction of sp³-hybridized carbons (Fsp3) is 0.400. The van der Waals surface area contributed by atoms with Gasteiger partial charge in [0.1, 0.15) is 0 Å². The molecule has 0 spiro atoms. The van der Waals surface area contributed by atoms with E-state index in [1.807, 2.05) is 30.3 Å². The van der Waals surface area contributed by atoms with Crippen molar-refractivity contribution in [1.82, 2.24) is 14.9 Å². The van der Waals surface area contributed by atoms with Gasteiger partial charge in [0.05, 0.1) is 19.7 Å². The van der Waals surface area contributed by atoms with Gasteiger partial charge in [0.15, 0.2) is 11.6 Å². The van der Waals surface area contributed by atoms with Crippen molar-refractivity contribution < 1.29 is 0 Å². The molecule has 0 atom stereocenters. The summed E-state index contributed by atoms with van der Waals surface area (Å²) in [5, 5.41) is 3.58. The lowest BCUT2D eigenvalue weighted by atomic mass is 10.2. The Morgan fingerprint density at radius 1 is 1.04 bits per heavy atom. The number of rotatable bonds is 5. The minimum atomic E-state index is 0.543. The first-order valence-corrected chi connectivity index (χ1v) is 11.2. The molecule has 2 fully saturated rings. The van der Waals surface area contributed by atoms with Crippen molar-refractivity contribution in [3.63, 3.8) is 0 Å². The first-order valence-electron chi connectivity index (χ1n) is 9.60.